The second-order valence-electron chi connectivity index (χ2n) is 8.89. The SMILES string of the molecule is CC(C)(C)C1C(Cl)=c2cc(C(O)(c3cccnc3)c3cccc(Cl)c3)ccc2=NC1Cl. The van der Waals surface area contributed by atoms with E-state index in [1.807, 2.05) is 36.4 Å². The maximum Gasteiger partial charge on any atom is 0.142 e. The Hall–Kier alpha value is -1.91. The zero-order valence-electron chi connectivity index (χ0n) is 17.5. The van der Waals surface area contributed by atoms with Crippen LogP contribution in [0, 0.1) is 11.3 Å². The minimum Gasteiger partial charge on any atom is -0.376 e. The van der Waals surface area contributed by atoms with Crippen LogP contribution in [0.4, 0.5) is 0 Å². The Labute approximate surface area is 197 Å². The van der Waals surface area contributed by atoms with E-state index in [4.69, 9.17) is 34.8 Å². The first-order valence-corrected chi connectivity index (χ1v) is 11.2. The summed E-state index contributed by atoms with van der Waals surface area (Å²) in [5, 5.41) is 14.8. The molecule has 1 aliphatic rings. The quantitative estimate of drug-likeness (QED) is 0.418. The van der Waals surface area contributed by atoms with E-state index in [-0.39, 0.29) is 11.3 Å². The summed E-state index contributed by atoms with van der Waals surface area (Å²) < 4.78 is 0. The number of alkyl halides is 1. The molecule has 3 nitrogen and oxygen atoms in total. The Balaban J connectivity index is 2.01. The topological polar surface area (TPSA) is 45.5 Å². The van der Waals surface area contributed by atoms with E-state index in [1.54, 1.807) is 30.6 Å². The highest BCUT2D eigenvalue weighted by Crippen LogP contribution is 2.41. The van der Waals surface area contributed by atoms with Crippen LogP contribution in [0.2, 0.25) is 5.02 Å². The fraction of sp³-hybridized carbons (Fsp3) is 0.280. The first-order valence-electron chi connectivity index (χ1n) is 10.0. The van der Waals surface area contributed by atoms with Gasteiger partial charge < -0.3 is 5.11 Å². The normalized spacial score (nSPS) is 20.5. The molecule has 2 heterocycles. The second-order valence-corrected chi connectivity index (χ2v) is 10.2. The number of hydrogen-bond donors (Lipinski definition) is 1. The van der Waals surface area contributed by atoms with Gasteiger partial charge in [0, 0.05) is 39.1 Å². The monoisotopic (exact) mass is 472 g/mol. The number of nitrogens with zero attached hydrogens (tertiary/aromatic N) is 2. The number of fused-ring (bicyclic) bond motifs is 1. The fourth-order valence-electron chi connectivity index (χ4n) is 4.14. The van der Waals surface area contributed by atoms with Crippen LogP contribution in [0.5, 0.6) is 0 Å². The third-order valence-corrected chi connectivity index (χ3v) is 6.76. The summed E-state index contributed by atoms with van der Waals surface area (Å²) in [6.07, 6.45) is 3.33. The van der Waals surface area contributed by atoms with Crippen LogP contribution in [0.1, 0.15) is 37.5 Å². The minimum atomic E-state index is -1.47. The van der Waals surface area contributed by atoms with Crippen LogP contribution in [0.3, 0.4) is 0 Å². The average Bonchev–Trinajstić information content (AvgIpc) is 2.72. The van der Waals surface area contributed by atoms with Crippen LogP contribution in [0.15, 0.2) is 72.0 Å². The summed E-state index contributed by atoms with van der Waals surface area (Å²) in [6.45, 7) is 6.28. The van der Waals surface area contributed by atoms with E-state index < -0.39 is 11.1 Å². The third-order valence-electron chi connectivity index (χ3n) is 5.74. The number of benzene rings is 2. The smallest absolute Gasteiger partial charge is 0.142 e. The summed E-state index contributed by atoms with van der Waals surface area (Å²) in [7, 11) is 0. The summed E-state index contributed by atoms with van der Waals surface area (Å²) in [5.41, 5.74) is -0.178. The van der Waals surface area contributed by atoms with Gasteiger partial charge in [0.25, 0.3) is 0 Å². The van der Waals surface area contributed by atoms with E-state index in [0.717, 1.165) is 5.22 Å². The maximum absolute atomic E-state index is 12.1. The van der Waals surface area contributed by atoms with Crippen LogP contribution in [-0.4, -0.2) is 15.6 Å². The number of aliphatic hydroxyl groups is 1. The van der Waals surface area contributed by atoms with Crippen LogP contribution in [-0.2, 0) is 5.60 Å². The first-order chi connectivity index (χ1) is 14.6. The molecular weight excluding hydrogens is 451 g/mol. The number of hydrogen-bond acceptors (Lipinski definition) is 3. The van der Waals surface area contributed by atoms with Crippen molar-refractivity contribution in [2.45, 2.75) is 31.9 Å². The predicted octanol–water partition coefficient (Wildman–Crippen LogP) is 5.23. The molecule has 1 aromatic heterocycles. The molecular formula is C25H23Cl3N2O. The van der Waals surface area contributed by atoms with E-state index in [1.165, 1.54) is 0 Å². The van der Waals surface area contributed by atoms with Crippen molar-refractivity contribution in [3.05, 3.63) is 99.3 Å². The molecule has 0 fully saturated rings. The zero-order chi connectivity index (χ0) is 22.4. The highest BCUT2D eigenvalue weighted by Gasteiger charge is 2.38. The Kier molecular flexibility index (Phi) is 5.91. The Morgan fingerprint density at radius 3 is 2.26 bits per heavy atom. The number of halogens is 3. The van der Waals surface area contributed by atoms with Crippen LogP contribution in [0.25, 0.3) is 5.03 Å². The van der Waals surface area contributed by atoms with Gasteiger partial charge in [0.2, 0.25) is 0 Å². The van der Waals surface area contributed by atoms with Crippen molar-refractivity contribution in [2.75, 3.05) is 0 Å². The van der Waals surface area contributed by atoms with Crippen LogP contribution < -0.4 is 10.6 Å². The first kappa shape index (κ1) is 22.3. The molecule has 3 unspecified atom stereocenters. The highest BCUT2D eigenvalue weighted by molar-refractivity contribution is 6.46. The molecule has 0 amide bonds. The fourth-order valence-corrected chi connectivity index (χ4v) is 5.61. The largest absolute Gasteiger partial charge is 0.376 e. The van der Waals surface area contributed by atoms with Crippen molar-refractivity contribution in [1.82, 2.24) is 4.98 Å². The molecule has 160 valence electrons. The molecule has 1 aliphatic heterocycles. The molecule has 0 spiro atoms. The van der Waals surface area contributed by atoms with Gasteiger partial charge in [-0.2, -0.15) is 0 Å². The Morgan fingerprint density at radius 1 is 0.903 bits per heavy atom. The average molecular weight is 474 g/mol. The molecule has 3 atom stereocenters. The van der Waals surface area contributed by atoms with E-state index in [2.05, 4.69) is 30.7 Å². The molecule has 0 saturated carbocycles. The van der Waals surface area contributed by atoms with Gasteiger partial charge in [-0.1, -0.05) is 79.8 Å². The van der Waals surface area contributed by atoms with Crippen molar-refractivity contribution in [2.24, 2.45) is 16.3 Å². The van der Waals surface area contributed by atoms with E-state index >= 15 is 0 Å². The maximum atomic E-state index is 12.1. The lowest BCUT2D eigenvalue weighted by Crippen LogP contribution is -2.42. The lowest BCUT2D eigenvalue weighted by Gasteiger charge is -2.34. The summed E-state index contributed by atoms with van der Waals surface area (Å²) in [6, 6.07) is 16.4. The molecule has 0 saturated heterocycles. The van der Waals surface area contributed by atoms with Crippen molar-refractivity contribution in [1.29, 1.82) is 0 Å². The summed E-state index contributed by atoms with van der Waals surface area (Å²) >= 11 is 19.7. The predicted molar refractivity (Wildman–Crippen MR) is 127 cm³/mol. The molecule has 2 aromatic carbocycles. The molecule has 0 aliphatic carbocycles. The van der Waals surface area contributed by atoms with E-state index in [9.17, 15) is 5.11 Å². The lowest BCUT2D eigenvalue weighted by molar-refractivity contribution is 0.125. The van der Waals surface area contributed by atoms with Crippen molar-refractivity contribution in [3.63, 3.8) is 0 Å². The van der Waals surface area contributed by atoms with Gasteiger partial charge in [0.15, 0.2) is 0 Å². The molecule has 31 heavy (non-hydrogen) atoms. The standard InChI is InChI=1S/C25H23Cl3N2O/c1-24(2,3)21-22(27)19-13-16(9-10-20(19)30-23(21)28)25(31,17-7-5-11-29-14-17)15-6-4-8-18(26)12-15/h4-14,21,23,31H,1-3H3. The second kappa shape index (κ2) is 8.22. The molecule has 0 bridgehead atoms. The van der Waals surface area contributed by atoms with Gasteiger partial charge in [0.05, 0.1) is 5.36 Å². The number of pyridine rings is 1. The Morgan fingerprint density at radius 2 is 1.61 bits per heavy atom. The zero-order valence-corrected chi connectivity index (χ0v) is 19.7. The molecule has 3 aromatic rings. The number of aromatic nitrogens is 1. The Bertz CT molecular complexity index is 1240. The van der Waals surface area contributed by atoms with Gasteiger partial charge in [-0.3, -0.25) is 9.98 Å². The van der Waals surface area contributed by atoms with Crippen molar-refractivity contribution >= 4 is 39.8 Å². The summed E-state index contributed by atoms with van der Waals surface area (Å²) in [5.74, 6) is -0.142. The lowest BCUT2D eigenvalue weighted by atomic mass is 9.78. The highest BCUT2D eigenvalue weighted by atomic mass is 35.5. The minimum absolute atomic E-state index is 0.142. The van der Waals surface area contributed by atoms with E-state index in [0.29, 0.717) is 32.1 Å². The third kappa shape index (κ3) is 4.01. The molecule has 0 radical (unpaired) electrons. The van der Waals surface area contributed by atoms with Crippen molar-refractivity contribution in [3.8, 4) is 0 Å². The van der Waals surface area contributed by atoms with Crippen LogP contribution >= 0.6 is 34.8 Å². The molecule has 6 heteroatoms. The van der Waals surface area contributed by atoms with Gasteiger partial charge in [-0.25, -0.2) is 0 Å². The summed E-state index contributed by atoms with van der Waals surface area (Å²) in [4.78, 5) is 8.89. The van der Waals surface area contributed by atoms with Gasteiger partial charge in [0.1, 0.15) is 11.1 Å². The molecule has 1 N–H and O–H groups in total. The van der Waals surface area contributed by atoms with Gasteiger partial charge >= 0.3 is 0 Å². The number of rotatable bonds is 3. The van der Waals surface area contributed by atoms with Crippen molar-refractivity contribution < 1.29 is 5.11 Å². The van der Waals surface area contributed by atoms with Gasteiger partial charge in [-0.15, -0.1) is 0 Å². The van der Waals surface area contributed by atoms with Gasteiger partial charge in [-0.05, 0) is 46.9 Å². The molecule has 4 rings (SSSR count).